The maximum Gasteiger partial charge on any atom is 0.0396 e. The van der Waals surface area contributed by atoms with Gasteiger partial charge in [0.25, 0.3) is 0 Å². The third kappa shape index (κ3) is 2.34. The SMILES string of the molecule is C=CC(C)=NC(CC)=C1CC1. The Hall–Kier alpha value is -0.850. The van der Waals surface area contributed by atoms with Crippen molar-refractivity contribution in [3.05, 3.63) is 23.9 Å². The zero-order valence-corrected chi connectivity index (χ0v) is 7.35. The molecule has 0 atom stereocenters. The fourth-order valence-electron chi connectivity index (χ4n) is 1.02. The summed E-state index contributed by atoms with van der Waals surface area (Å²) in [7, 11) is 0. The minimum Gasteiger partial charge on any atom is -0.258 e. The zero-order valence-electron chi connectivity index (χ0n) is 7.35. The molecule has 0 unspecified atom stereocenters. The maximum absolute atomic E-state index is 4.45. The van der Waals surface area contributed by atoms with E-state index in [1.54, 1.807) is 6.08 Å². The average molecular weight is 149 g/mol. The molecule has 0 aromatic rings. The van der Waals surface area contributed by atoms with Crippen LogP contribution in [0.2, 0.25) is 0 Å². The van der Waals surface area contributed by atoms with Gasteiger partial charge in [0.15, 0.2) is 0 Å². The average Bonchev–Trinajstić information content (AvgIpc) is 2.82. The van der Waals surface area contributed by atoms with Crippen molar-refractivity contribution in [1.29, 1.82) is 0 Å². The highest BCUT2D eigenvalue weighted by Gasteiger charge is 2.15. The number of rotatable bonds is 3. The first-order chi connectivity index (χ1) is 5.27. The number of hydrogen-bond acceptors (Lipinski definition) is 1. The van der Waals surface area contributed by atoms with E-state index in [1.807, 2.05) is 6.92 Å². The highest BCUT2D eigenvalue weighted by atomic mass is 14.8. The molecule has 0 aromatic heterocycles. The summed E-state index contributed by atoms with van der Waals surface area (Å²) in [6, 6.07) is 0. The largest absolute Gasteiger partial charge is 0.258 e. The van der Waals surface area contributed by atoms with E-state index in [1.165, 1.54) is 24.1 Å². The summed E-state index contributed by atoms with van der Waals surface area (Å²) < 4.78 is 0. The normalized spacial score (nSPS) is 16.5. The molecule has 1 fully saturated rings. The Morgan fingerprint density at radius 2 is 2.27 bits per heavy atom. The fourth-order valence-corrected chi connectivity index (χ4v) is 1.02. The third-order valence-corrected chi connectivity index (χ3v) is 1.85. The van der Waals surface area contributed by atoms with Gasteiger partial charge in [0, 0.05) is 11.4 Å². The van der Waals surface area contributed by atoms with Crippen LogP contribution in [0.5, 0.6) is 0 Å². The molecule has 1 rings (SSSR count). The van der Waals surface area contributed by atoms with Crippen LogP contribution in [-0.4, -0.2) is 5.71 Å². The van der Waals surface area contributed by atoms with E-state index in [0.717, 1.165) is 12.1 Å². The lowest BCUT2D eigenvalue weighted by Crippen LogP contribution is -1.85. The molecule has 0 aliphatic heterocycles. The molecule has 1 aliphatic rings. The predicted octanol–water partition coefficient (Wildman–Crippen LogP) is 3.09. The van der Waals surface area contributed by atoms with Crippen molar-refractivity contribution in [3.8, 4) is 0 Å². The van der Waals surface area contributed by atoms with Crippen LogP contribution in [-0.2, 0) is 0 Å². The lowest BCUT2D eigenvalue weighted by Gasteiger charge is -1.96. The van der Waals surface area contributed by atoms with Crippen LogP contribution in [0.3, 0.4) is 0 Å². The van der Waals surface area contributed by atoms with E-state index in [-0.39, 0.29) is 0 Å². The zero-order chi connectivity index (χ0) is 8.27. The van der Waals surface area contributed by atoms with Crippen LogP contribution in [0.1, 0.15) is 33.1 Å². The molecule has 0 N–H and O–H groups in total. The first-order valence-electron chi connectivity index (χ1n) is 4.16. The molecule has 1 aliphatic carbocycles. The second-order valence-corrected chi connectivity index (χ2v) is 2.86. The van der Waals surface area contributed by atoms with Crippen molar-refractivity contribution >= 4 is 5.71 Å². The number of aliphatic imine (C=N–C) groups is 1. The van der Waals surface area contributed by atoms with Gasteiger partial charge in [-0.15, -0.1) is 0 Å². The number of nitrogens with zero attached hydrogens (tertiary/aromatic N) is 1. The summed E-state index contributed by atoms with van der Waals surface area (Å²) in [6.07, 6.45) is 5.38. The predicted molar refractivity (Wildman–Crippen MR) is 49.9 cm³/mol. The van der Waals surface area contributed by atoms with Crippen molar-refractivity contribution in [1.82, 2.24) is 0 Å². The van der Waals surface area contributed by atoms with Crippen LogP contribution in [0, 0.1) is 0 Å². The molecule has 1 nitrogen and oxygen atoms in total. The van der Waals surface area contributed by atoms with E-state index in [4.69, 9.17) is 0 Å². The van der Waals surface area contributed by atoms with Crippen molar-refractivity contribution in [3.63, 3.8) is 0 Å². The van der Waals surface area contributed by atoms with Gasteiger partial charge in [-0.3, -0.25) is 4.99 Å². The Balaban J connectivity index is 2.72. The van der Waals surface area contributed by atoms with Crippen molar-refractivity contribution in [2.75, 3.05) is 0 Å². The van der Waals surface area contributed by atoms with Gasteiger partial charge in [-0.25, -0.2) is 0 Å². The summed E-state index contributed by atoms with van der Waals surface area (Å²) in [5.41, 5.74) is 3.84. The van der Waals surface area contributed by atoms with Gasteiger partial charge in [-0.2, -0.15) is 0 Å². The Labute approximate surface area is 68.5 Å². The monoisotopic (exact) mass is 149 g/mol. The Morgan fingerprint density at radius 1 is 1.64 bits per heavy atom. The highest BCUT2D eigenvalue weighted by Crippen LogP contribution is 2.33. The Bertz CT molecular complexity index is 215. The quantitative estimate of drug-likeness (QED) is 0.547. The summed E-state index contributed by atoms with van der Waals surface area (Å²) in [5.74, 6) is 0. The van der Waals surface area contributed by atoms with E-state index in [0.29, 0.717) is 0 Å². The van der Waals surface area contributed by atoms with Crippen LogP contribution >= 0.6 is 0 Å². The van der Waals surface area contributed by atoms with E-state index in [9.17, 15) is 0 Å². The van der Waals surface area contributed by atoms with Crippen LogP contribution in [0.25, 0.3) is 0 Å². The molecular formula is C10H15N. The molecule has 0 spiro atoms. The molecule has 0 radical (unpaired) electrons. The van der Waals surface area contributed by atoms with Crippen molar-refractivity contribution in [2.45, 2.75) is 33.1 Å². The van der Waals surface area contributed by atoms with Crippen molar-refractivity contribution < 1.29 is 0 Å². The minimum absolute atomic E-state index is 1.03. The fraction of sp³-hybridized carbons (Fsp3) is 0.500. The van der Waals surface area contributed by atoms with Gasteiger partial charge < -0.3 is 0 Å². The Morgan fingerprint density at radius 3 is 2.64 bits per heavy atom. The molecule has 1 saturated carbocycles. The lowest BCUT2D eigenvalue weighted by molar-refractivity contribution is 1.06. The standard InChI is InChI=1S/C10H15N/c1-4-8(3)11-10(5-2)9-6-7-9/h4H,1,5-7H2,2-3H3. The number of allylic oxidation sites excluding steroid dienone is 3. The second-order valence-electron chi connectivity index (χ2n) is 2.86. The summed E-state index contributed by atoms with van der Waals surface area (Å²) >= 11 is 0. The Kier molecular flexibility index (Phi) is 2.64. The molecule has 60 valence electrons. The lowest BCUT2D eigenvalue weighted by atomic mass is 10.3. The van der Waals surface area contributed by atoms with Crippen LogP contribution in [0.4, 0.5) is 0 Å². The number of hydrogen-bond donors (Lipinski definition) is 0. The van der Waals surface area contributed by atoms with E-state index in [2.05, 4.69) is 18.5 Å². The molecular weight excluding hydrogens is 134 g/mol. The van der Waals surface area contributed by atoms with Gasteiger partial charge in [-0.1, -0.05) is 13.5 Å². The minimum atomic E-state index is 1.03. The first kappa shape index (κ1) is 8.25. The van der Waals surface area contributed by atoms with Crippen molar-refractivity contribution in [2.24, 2.45) is 4.99 Å². The topological polar surface area (TPSA) is 12.4 Å². The van der Waals surface area contributed by atoms with Gasteiger partial charge in [0.2, 0.25) is 0 Å². The third-order valence-electron chi connectivity index (χ3n) is 1.85. The van der Waals surface area contributed by atoms with Gasteiger partial charge >= 0.3 is 0 Å². The van der Waals surface area contributed by atoms with Crippen LogP contribution < -0.4 is 0 Å². The van der Waals surface area contributed by atoms with Gasteiger partial charge in [0.1, 0.15) is 0 Å². The second kappa shape index (κ2) is 3.51. The molecule has 0 heterocycles. The molecule has 0 saturated heterocycles. The van der Waals surface area contributed by atoms with Gasteiger partial charge in [0.05, 0.1) is 0 Å². The summed E-state index contributed by atoms with van der Waals surface area (Å²) in [4.78, 5) is 4.45. The van der Waals surface area contributed by atoms with Crippen LogP contribution in [0.15, 0.2) is 28.9 Å². The highest BCUT2D eigenvalue weighted by molar-refractivity contribution is 5.93. The molecule has 1 heteroatoms. The van der Waals surface area contributed by atoms with Gasteiger partial charge in [-0.05, 0) is 37.8 Å². The van der Waals surface area contributed by atoms with E-state index >= 15 is 0 Å². The molecule has 11 heavy (non-hydrogen) atoms. The maximum atomic E-state index is 4.45. The summed E-state index contributed by atoms with van der Waals surface area (Å²) in [6.45, 7) is 7.82. The first-order valence-corrected chi connectivity index (χ1v) is 4.16. The molecule has 0 amide bonds. The molecule has 0 bridgehead atoms. The smallest absolute Gasteiger partial charge is 0.0396 e. The summed E-state index contributed by atoms with van der Waals surface area (Å²) in [5, 5.41) is 0. The van der Waals surface area contributed by atoms with E-state index < -0.39 is 0 Å². The molecule has 0 aromatic carbocycles.